The van der Waals surface area contributed by atoms with Crippen molar-refractivity contribution in [3.8, 4) is 0 Å². The summed E-state index contributed by atoms with van der Waals surface area (Å²) in [6.07, 6.45) is 8.78. The molecule has 1 unspecified atom stereocenters. The standard InChI is InChI=1S/C12H19N5/c1-3-6-16-10-12(8-14-16)15-11(2)9-17-7-4-5-13-17/h4-5,7-8,10-11,15H,3,6,9H2,1-2H3. The van der Waals surface area contributed by atoms with Gasteiger partial charge < -0.3 is 5.32 Å². The lowest BCUT2D eigenvalue weighted by molar-refractivity contribution is 0.560. The minimum Gasteiger partial charge on any atom is -0.378 e. The van der Waals surface area contributed by atoms with E-state index in [9.17, 15) is 0 Å². The van der Waals surface area contributed by atoms with Gasteiger partial charge in [-0.1, -0.05) is 6.92 Å². The molecule has 0 aliphatic rings. The van der Waals surface area contributed by atoms with Gasteiger partial charge in [-0.3, -0.25) is 9.36 Å². The van der Waals surface area contributed by atoms with Crippen LogP contribution in [0.15, 0.2) is 30.9 Å². The fraction of sp³-hybridized carbons (Fsp3) is 0.500. The SMILES string of the molecule is CCCn1cc(NC(C)Cn2cccn2)cn1. The van der Waals surface area contributed by atoms with Gasteiger partial charge in [-0.05, 0) is 19.4 Å². The zero-order chi connectivity index (χ0) is 12.1. The first-order chi connectivity index (χ1) is 8.28. The topological polar surface area (TPSA) is 47.7 Å². The average Bonchev–Trinajstić information content (AvgIpc) is 2.91. The number of rotatable bonds is 6. The number of aryl methyl sites for hydroxylation is 1. The van der Waals surface area contributed by atoms with Crippen LogP contribution in [0.2, 0.25) is 0 Å². The Labute approximate surface area is 101 Å². The summed E-state index contributed by atoms with van der Waals surface area (Å²) >= 11 is 0. The molecule has 0 aromatic carbocycles. The van der Waals surface area contributed by atoms with Crippen molar-refractivity contribution in [1.29, 1.82) is 0 Å². The lowest BCUT2D eigenvalue weighted by atomic mass is 10.3. The zero-order valence-electron chi connectivity index (χ0n) is 10.4. The molecule has 1 atom stereocenters. The molecule has 1 N–H and O–H groups in total. The summed E-state index contributed by atoms with van der Waals surface area (Å²) in [5.74, 6) is 0. The van der Waals surface area contributed by atoms with Gasteiger partial charge in [0.05, 0.1) is 18.4 Å². The van der Waals surface area contributed by atoms with Crippen LogP contribution in [0.3, 0.4) is 0 Å². The largest absolute Gasteiger partial charge is 0.378 e. The van der Waals surface area contributed by atoms with Crippen LogP contribution in [0.4, 0.5) is 5.69 Å². The molecule has 2 aromatic heterocycles. The first-order valence-electron chi connectivity index (χ1n) is 6.04. The van der Waals surface area contributed by atoms with Crippen LogP contribution in [-0.4, -0.2) is 25.6 Å². The van der Waals surface area contributed by atoms with Gasteiger partial charge >= 0.3 is 0 Å². The molecule has 2 rings (SSSR count). The highest BCUT2D eigenvalue weighted by molar-refractivity contribution is 5.38. The van der Waals surface area contributed by atoms with Crippen LogP contribution in [0.25, 0.3) is 0 Å². The van der Waals surface area contributed by atoms with Crippen molar-refractivity contribution in [3.05, 3.63) is 30.9 Å². The highest BCUT2D eigenvalue weighted by Gasteiger charge is 2.04. The Bertz CT molecular complexity index is 431. The molecule has 0 saturated carbocycles. The first kappa shape index (κ1) is 11.7. The molecule has 0 radical (unpaired) electrons. The predicted molar refractivity (Wildman–Crippen MR) is 67.8 cm³/mol. The molecule has 0 amide bonds. The fourth-order valence-electron chi connectivity index (χ4n) is 1.81. The van der Waals surface area contributed by atoms with Crippen LogP contribution in [0.5, 0.6) is 0 Å². The van der Waals surface area contributed by atoms with E-state index in [1.165, 1.54) is 0 Å². The normalized spacial score (nSPS) is 12.6. The van der Waals surface area contributed by atoms with Crippen molar-refractivity contribution < 1.29 is 0 Å². The molecule has 0 spiro atoms. The molecule has 17 heavy (non-hydrogen) atoms. The van der Waals surface area contributed by atoms with Crippen molar-refractivity contribution in [3.63, 3.8) is 0 Å². The molecule has 5 nitrogen and oxygen atoms in total. The van der Waals surface area contributed by atoms with Gasteiger partial charge in [-0.25, -0.2) is 0 Å². The van der Waals surface area contributed by atoms with E-state index in [2.05, 4.69) is 29.4 Å². The summed E-state index contributed by atoms with van der Waals surface area (Å²) in [4.78, 5) is 0. The number of aromatic nitrogens is 4. The lowest BCUT2D eigenvalue weighted by Crippen LogP contribution is -2.21. The molecular formula is C12H19N5. The van der Waals surface area contributed by atoms with Crippen LogP contribution in [0, 0.1) is 0 Å². The maximum Gasteiger partial charge on any atom is 0.0729 e. The minimum absolute atomic E-state index is 0.328. The van der Waals surface area contributed by atoms with E-state index in [0.29, 0.717) is 6.04 Å². The van der Waals surface area contributed by atoms with Gasteiger partial charge in [0, 0.05) is 31.2 Å². The maximum absolute atomic E-state index is 4.29. The zero-order valence-corrected chi connectivity index (χ0v) is 10.4. The smallest absolute Gasteiger partial charge is 0.0729 e. The summed E-state index contributed by atoms with van der Waals surface area (Å²) in [5, 5.41) is 11.9. The number of hydrogen-bond donors (Lipinski definition) is 1. The molecule has 0 aliphatic heterocycles. The molecule has 0 bridgehead atoms. The summed E-state index contributed by atoms with van der Waals surface area (Å²) in [5.41, 5.74) is 1.07. The summed E-state index contributed by atoms with van der Waals surface area (Å²) < 4.78 is 3.89. The van der Waals surface area contributed by atoms with Gasteiger partial charge in [0.25, 0.3) is 0 Å². The van der Waals surface area contributed by atoms with Crippen molar-refractivity contribution in [2.75, 3.05) is 5.32 Å². The van der Waals surface area contributed by atoms with Crippen LogP contribution < -0.4 is 5.32 Å². The Hall–Kier alpha value is -1.78. The van der Waals surface area contributed by atoms with E-state index in [0.717, 1.165) is 25.2 Å². The van der Waals surface area contributed by atoms with E-state index in [1.807, 2.05) is 34.0 Å². The third-order valence-corrected chi connectivity index (χ3v) is 2.52. The fourth-order valence-corrected chi connectivity index (χ4v) is 1.81. The molecule has 2 heterocycles. The highest BCUT2D eigenvalue weighted by atomic mass is 15.3. The minimum atomic E-state index is 0.328. The lowest BCUT2D eigenvalue weighted by Gasteiger charge is -2.13. The quantitative estimate of drug-likeness (QED) is 0.830. The van der Waals surface area contributed by atoms with Gasteiger partial charge in [0.1, 0.15) is 0 Å². The number of nitrogens with one attached hydrogen (secondary N) is 1. The first-order valence-corrected chi connectivity index (χ1v) is 6.04. The van der Waals surface area contributed by atoms with Crippen molar-refractivity contribution in [1.82, 2.24) is 19.6 Å². The van der Waals surface area contributed by atoms with Crippen LogP contribution in [-0.2, 0) is 13.1 Å². The Morgan fingerprint density at radius 1 is 1.35 bits per heavy atom. The molecule has 0 aliphatic carbocycles. The Kier molecular flexibility index (Phi) is 3.80. The molecular weight excluding hydrogens is 214 g/mol. The Balaban J connectivity index is 1.86. The van der Waals surface area contributed by atoms with Crippen molar-refractivity contribution in [2.45, 2.75) is 39.4 Å². The molecule has 0 fully saturated rings. The summed E-state index contributed by atoms with van der Waals surface area (Å²) in [7, 11) is 0. The summed E-state index contributed by atoms with van der Waals surface area (Å²) in [6.45, 7) is 6.11. The predicted octanol–water partition coefficient (Wildman–Crippen LogP) is 1.99. The van der Waals surface area contributed by atoms with Gasteiger partial charge in [0.15, 0.2) is 0 Å². The van der Waals surface area contributed by atoms with Gasteiger partial charge in [-0.2, -0.15) is 10.2 Å². The second-order valence-corrected chi connectivity index (χ2v) is 4.27. The molecule has 92 valence electrons. The van der Waals surface area contributed by atoms with E-state index < -0.39 is 0 Å². The third kappa shape index (κ3) is 3.34. The molecule has 0 saturated heterocycles. The van der Waals surface area contributed by atoms with Gasteiger partial charge in [-0.15, -0.1) is 0 Å². The number of nitrogens with zero attached hydrogens (tertiary/aromatic N) is 4. The second-order valence-electron chi connectivity index (χ2n) is 4.27. The second kappa shape index (κ2) is 5.52. The van der Waals surface area contributed by atoms with E-state index in [-0.39, 0.29) is 0 Å². The monoisotopic (exact) mass is 233 g/mol. The maximum atomic E-state index is 4.29. The van der Waals surface area contributed by atoms with Crippen molar-refractivity contribution in [2.24, 2.45) is 0 Å². The average molecular weight is 233 g/mol. The number of hydrogen-bond acceptors (Lipinski definition) is 3. The summed E-state index contributed by atoms with van der Waals surface area (Å²) in [6, 6.07) is 2.26. The van der Waals surface area contributed by atoms with E-state index in [4.69, 9.17) is 0 Å². The molecule has 5 heteroatoms. The highest BCUT2D eigenvalue weighted by Crippen LogP contribution is 2.08. The Morgan fingerprint density at radius 2 is 2.24 bits per heavy atom. The van der Waals surface area contributed by atoms with Crippen LogP contribution >= 0.6 is 0 Å². The van der Waals surface area contributed by atoms with Crippen LogP contribution in [0.1, 0.15) is 20.3 Å². The van der Waals surface area contributed by atoms with E-state index in [1.54, 1.807) is 6.20 Å². The van der Waals surface area contributed by atoms with Gasteiger partial charge in [0.2, 0.25) is 0 Å². The van der Waals surface area contributed by atoms with E-state index >= 15 is 0 Å². The third-order valence-electron chi connectivity index (χ3n) is 2.52. The Morgan fingerprint density at radius 3 is 2.94 bits per heavy atom. The van der Waals surface area contributed by atoms with Crippen molar-refractivity contribution >= 4 is 5.69 Å². The number of anilines is 1. The molecule has 2 aromatic rings.